The van der Waals surface area contributed by atoms with E-state index in [-0.39, 0.29) is 6.04 Å². The molecule has 0 aliphatic heterocycles. The molecule has 0 amide bonds. The highest BCUT2D eigenvalue weighted by Gasteiger charge is 2.11. The van der Waals surface area contributed by atoms with Crippen molar-refractivity contribution in [3.63, 3.8) is 0 Å². The number of rotatable bonds is 5. The summed E-state index contributed by atoms with van der Waals surface area (Å²) in [6.45, 7) is 3.05. The lowest BCUT2D eigenvalue weighted by Crippen LogP contribution is -2.23. The molecule has 1 heterocycles. The third-order valence-electron chi connectivity index (χ3n) is 2.72. The number of likely N-dealkylation sites (N-methyl/N-ethyl adjacent to an activating group) is 1. The Kier molecular flexibility index (Phi) is 4.22. The topological polar surface area (TPSA) is 37.8 Å². The molecule has 0 bridgehead atoms. The Balaban J connectivity index is 2.13. The fourth-order valence-electron chi connectivity index (χ4n) is 1.89. The van der Waals surface area contributed by atoms with E-state index in [1.165, 1.54) is 5.56 Å². The summed E-state index contributed by atoms with van der Waals surface area (Å²) in [5, 5.41) is 3.47. The van der Waals surface area contributed by atoms with Crippen LogP contribution in [0.2, 0.25) is 0 Å². The zero-order valence-electron chi connectivity index (χ0n) is 10.0. The average molecular weight is 227 g/mol. The second-order valence-electron chi connectivity index (χ2n) is 3.97. The lowest BCUT2D eigenvalue weighted by Gasteiger charge is -2.17. The molecule has 88 valence electrons. The van der Waals surface area contributed by atoms with Crippen LogP contribution < -0.4 is 5.32 Å². The molecule has 0 aliphatic rings. The first-order chi connectivity index (χ1) is 8.40. The highest BCUT2D eigenvalue weighted by Crippen LogP contribution is 2.16. The number of nitrogens with one attached hydrogen (secondary N) is 1. The molecule has 1 aromatic heterocycles. The van der Waals surface area contributed by atoms with Gasteiger partial charge in [0.2, 0.25) is 0 Å². The van der Waals surface area contributed by atoms with Crippen molar-refractivity contribution in [2.24, 2.45) is 0 Å². The van der Waals surface area contributed by atoms with Gasteiger partial charge in [-0.2, -0.15) is 0 Å². The van der Waals surface area contributed by atoms with E-state index in [0.29, 0.717) is 0 Å². The zero-order valence-corrected chi connectivity index (χ0v) is 10.0. The molecule has 3 heteroatoms. The largest absolute Gasteiger partial charge is 0.310 e. The van der Waals surface area contributed by atoms with Gasteiger partial charge in [0.15, 0.2) is 0 Å². The Labute approximate surface area is 102 Å². The Morgan fingerprint density at radius 3 is 2.47 bits per heavy atom. The van der Waals surface area contributed by atoms with Crippen LogP contribution in [0.15, 0.2) is 49.1 Å². The van der Waals surface area contributed by atoms with Crippen molar-refractivity contribution >= 4 is 0 Å². The first kappa shape index (κ1) is 11.7. The normalized spacial score (nSPS) is 12.3. The first-order valence-corrected chi connectivity index (χ1v) is 5.92. The predicted octanol–water partition coefficient (Wildman–Crippen LogP) is 2.37. The van der Waals surface area contributed by atoms with Crippen molar-refractivity contribution in [3.05, 3.63) is 60.2 Å². The molecule has 17 heavy (non-hydrogen) atoms. The first-order valence-electron chi connectivity index (χ1n) is 5.92. The zero-order chi connectivity index (χ0) is 11.9. The highest BCUT2D eigenvalue weighted by atomic mass is 14.9. The van der Waals surface area contributed by atoms with Crippen LogP contribution in [-0.4, -0.2) is 16.5 Å². The molecule has 2 rings (SSSR count). The van der Waals surface area contributed by atoms with Gasteiger partial charge in [0.25, 0.3) is 0 Å². The summed E-state index contributed by atoms with van der Waals surface area (Å²) in [7, 11) is 0. The molecular weight excluding hydrogens is 210 g/mol. The Morgan fingerprint density at radius 1 is 1.12 bits per heavy atom. The summed E-state index contributed by atoms with van der Waals surface area (Å²) in [6.07, 6.45) is 6.28. The molecule has 1 unspecified atom stereocenters. The van der Waals surface area contributed by atoms with E-state index in [1.54, 1.807) is 6.33 Å². The Bertz CT molecular complexity index is 428. The van der Waals surface area contributed by atoms with E-state index < -0.39 is 0 Å². The number of hydrogen-bond acceptors (Lipinski definition) is 3. The third-order valence-corrected chi connectivity index (χ3v) is 2.72. The van der Waals surface area contributed by atoms with Gasteiger partial charge in [0, 0.05) is 24.0 Å². The summed E-state index contributed by atoms with van der Waals surface area (Å²) in [5.74, 6) is 0. The summed E-state index contributed by atoms with van der Waals surface area (Å²) < 4.78 is 0. The van der Waals surface area contributed by atoms with Crippen molar-refractivity contribution in [2.75, 3.05) is 6.54 Å². The minimum absolute atomic E-state index is 0.281. The van der Waals surface area contributed by atoms with Gasteiger partial charge in [-0.25, -0.2) is 9.97 Å². The van der Waals surface area contributed by atoms with Crippen LogP contribution in [0.5, 0.6) is 0 Å². The molecule has 0 saturated heterocycles. The van der Waals surface area contributed by atoms with E-state index in [4.69, 9.17) is 0 Å². The van der Waals surface area contributed by atoms with Gasteiger partial charge in [0.05, 0.1) is 0 Å². The lowest BCUT2D eigenvalue weighted by molar-refractivity contribution is 0.546. The summed E-state index contributed by atoms with van der Waals surface area (Å²) in [5.41, 5.74) is 2.46. The van der Waals surface area contributed by atoms with Crippen molar-refractivity contribution < 1.29 is 0 Å². The summed E-state index contributed by atoms with van der Waals surface area (Å²) in [6, 6.07) is 10.8. The highest BCUT2D eigenvalue weighted by molar-refractivity contribution is 5.20. The van der Waals surface area contributed by atoms with Crippen LogP contribution in [0.4, 0.5) is 0 Å². The molecule has 0 saturated carbocycles. The molecule has 0 spiro atoms. The van der Waals surface area contributed by atoms with E-state index in [1.807, 2.05) is 18.5 Å². The van der Waals surface area contributed by atoms with E-state index in [9.17, 15) is 0 Å². The monoisotopic (exact) mass is 227 g/mol. The molecule has 1 atom stereocenters. The van der Waals surface area contributed by atoms with Gasteiger partial charge in [-0.15, -0.1) is 0 Å². The fraction of sp³-hybridized carbons (Fsp3) is 0.286. The minimum Gasteiger partial charge on any atom is -0.310 e. The van der Waals surface area contributed by atoms with E-state index >= 15 is 0 Å². The van der Waals surface area contributed by atoms with Gasteiger partial charge in [-0.3, -0.25) is 0 Å². The lowest BCUT2D eigenvalue weighted by atomic mass is 10.0. The van der Waals surface area contributed by atoms with Crippen molar-refractivity contribution in [3.8, 4) is 0 Å². The number of benzene rings is 1. The van der Waals surface area contributed by atoms with Crippen LogP contribution in [0.25, 0.3) is 0 Å². The standard InChI is InChI=1S/C14H17N3/c1-2-17-14(13-9-15-11-16-10-13)8-12-6-4-3-5-7-12/h3-7,9-11,14,17H,2,8H2,1H3. The van der Waals surface area contributed by atoms with Crippen LogP contribution >= 0.6 is 0 Å². The second kappa shape index (κ2) is 6.11. The number of nitrogens with zero attached hydrogens (tertiary/aromatic N) is 2. The molecule has 1 aromatic carbocycles. The molecule has 0 fully saturated rings. The molecule has 0 aliphatic carbocycles. The van der Waals surface area contributed by atoms with Crippen LogP contribution in [0, 0.1) is 0 Å². The summed E-state index contributed by atoms with van der Waals surface area (Å²) in [4.78, 5) is 8.16. The third kappa shape index (κ3) is 3.36. The molecule has 2 aromatic rings. The Morgan fingerprint density at radius 2 is 1.82 bits per heavy atom. The fourth-order valence-corrected chi connectivity index (χ4v) is 1.89. The second-order valence-corrected chi connectivity index (χ2v) is 3.97. The maximum atomic E-state index is 4.08. The molecular formula is C14H17N3. The van der Waals surface area contributed by atoms with E-state index in [2.05, 4.69) is 46.5 Å². The van der Waals surface area contributed by atoms with Crippen molar-refractivity contribution in [1.82, 2.24) is 15.3 Å². The van der Waals surface area contributed by atoms with Crippen LogP contribution in [0.3, 0.4) is 0 Å². The van der Waals surface area contributed by atoms with Gasteiger partial charge in [-0.05, 0) is 18.5 Å². The van der Waals surface area contributed by atoms with Gasteiger partial charge in [-0.1, -0.05) is 37.3 Å². The van der Waals surface area contributed by atoms with Crippen LogP contribution in [-0.2, 0) is 6.42 Å². The SMILES string of the molecule is CCNC(Cc1ccccc1)c1cncnc1. The molecule has 3 nitrogen and oxygen atoms in total. The van der Waals surface area contributed by atoms with Crippen molar-refractivity contribution in [1.29, 1.82) is 0 Å². The molecule has 1 N–H and O–H groups in total. The average Bonchev–Trinajstić information content (AvgIpc) is 2.40. The molecule has 0 radical (unpaired) electrons. The van der Waals surface area contributed by atoms with Gasteiger partial charge in [0.1, 0.15) is 6.33 Å². The predicted molar refractivity (Wildman–Crippen MR) is 68.6 cm³/mol. The van der Waals surface area contributed by atoms with Gasteiger partial charge >= 0.3 is 0 Å². The van der Waals surface area contributed by atoms with Crippen LogP contribution in [0.1, 0.15) is 24.1 Å². The minimum atomic E-state index is 0.281. The van der Waals surface area contributed by atoms with Crippen molar-refractivity contribution in [2.45, 2.75) is 19.4 Å². The maximum Gasteiger partial charge on any atom is 0.115 e. The summed E-state index contributed by atoms with van der Waals surface area (Å²) >= 11 is 0. The number of hydrogen-bond donors (Lipinski definition) is 1. The van der Waals surface area contributed by atoms with Gasteiger partial charge < -0.3 is 5.32 Å². The van der Waals surface area contributed by atoms with E-state index in [0.717, 1.165) is 18.5 Å². The Hall–Kier alpha value is -1.74. The number of aromatic nitrogens is 2. The quantitative estimate of drug-likeness (QED) is 0.852. The maximum absolute atomic E-state index is 4.08. The smallest absolute Gasteiger partial charge is 0.115 e.